The topological polar surface area (TPSA) is 44.3 Å². The van der Waals surface area contributed by atoms with Gasteiger partial charge < -0.3 is 10.5 Å². The first-order valence-corrected chi connectivity index (χ1v) is 7.38. The van der Waals surface area contributed by atoms with Gasteiger partial charge in [-0.25, -0.2) is 5.43 Å². The van der Waals surface area contributed by atoms with Crippen LogP contribution in [0.2, 0.25) is 0 Å². The second-order valence-electron chi connectivity index (χ2n) is 4.15. The highest BCUT2D eigenvalue weighted by molar-refractivity contribution is 9.11. The Morgan fingerprint density at radius 2 is 1.84 bits per heavy atom. The molecule has 2 aromatic rings. The fraction of sp³-hybridized carbons (Fsp3) is 0.143. The summed E-state index contributed by atoms with van der Waals surface area (Å²) >= 11 is 6.87. The zero-order valence-electron chi connectivity index (χ0n) is 10.4. The van der Waals surface area contributed by atoms with E-state index in [-0.39, 0.29) is 5.75 Å². The molecule has 5 heteroatoms. The number of benzene rings is 2. The van der Waals surface area contributed by atoms with E-state index in [0.717, 1.165) is 25.8 Å². The third-order valence-corrected chi connectivity index (χ3v) is 4.58. The molecular formula is C14H14Br2N2O. The smallest absolute Gasteiger partial charge is 0.134 e. The molecule has 2 aromatic carbocycles. The van der Waals surface area contributed by atoms with Crippen molar-refractivity contribution in [2.24, 2.45) is 0 Å². The normalized spacial score (nSPS) is 10.5. The number of hydrogen-bond donors (Lipinski definition) is 3. The molecule has 0 saturated carbocycles. The van der Waals surface area contributed by atoms with Gasteiger partial charge in [0.25, 0.3) is 0 Å². The van der Waals surface area contributed by atoms with Gasteiger partial charge in [0.2, 0.25) is 0 Å². The van der Waals surface area contributed by atoms with Gasteiger partial charge in [0.1, 0.15) is 5.75 Å². The summed E-state index contributed by atoms with van der Waals surface area (Å²) in [5, 5.41) is 10.1. The summed E-state index contributed by atoms with van der Waals surface area (Å²) in [6.07, 6.45) is 0. The van der Waals surface area contributed by atoms with Crippen molar-refractivity contribution in [3.05, 3.63) is 56.5 Å². The molecule has 0 aliphatic carbocycles. The Kier molecular flexibility index (Phi) is 4.85. The minimum Gasteiger partial charge on any atom is -0.506 e. The lowest BCUT2D eigenvalue weighted by Crippen LogP contribution is -2.20. The number of phenols is 1. The highest BCUT2D eigenvalue weighted by Gasteiger charge is 2.11. The van der Waals surface area contributed by atoms with Gasteiger partial charge in [0.15, 0.2) is 0 Å². The molecule has 100 valence electrons. The maximum absolute atomic E-state index is 10.1. The molecule has 0 aromatic heterocycles. The highest BCUT2D eigenvalue weighted by atomic mass is 79.9. The van der Waals surface area contributed by atoms with Gasteiger partial charge in [-0.2, -0.15) is 0 Å². The Hall–Kier alpha value is -1.04. The SMILES string of the molecule is Cc1c(Br)cc(CNNc2ccccc2)c(O)c1Br. The monoisotopic (exact) mass is 384 g/mol. The van der Waals surface area contributed by atoms with Crippen molar-refractivity contribution in [2.45, 2.75) is 13.5 Å². The van der Waals surface area contributed by atoms with E-state index in [0.29, 0.717) is 6.54 Å². The van der Waals surface area contributed by atoms with E-state index in [1.165, 1.54) is 0 Å². The molecule has 0 fully saturated rings. The molecule has 0 aliphatic rings. The first kappa shape index (κ1) is 14.4. The Morgan fingerprint density at radius 1 is 1.16 bits per heavy atom. The van der Waals surface area contributed by atoms with Gasteiger partial charge in [-0.3, -0.25) is 0 Å². The summed E-state index contributed by atoms with van der Waals surface area (Å²) < 4.78 is 1.69. The van der Waals surface area contributed by atoms with Gasteiger partial charge in [-0.15, -0.1) is 0 Å². The largest absolute Gasteiger partial charge is 0.506 e. The van der Waals surface area contributed by atoms with Crippen LogP contribution in [0.3, 0.4) is 0 Å². The van der Waals surface area contributed by atoms with Crippen LogP contribution in [0.25, 0.3) is 0 Å². The number of hydrogen-bond acceptors (Lipinski definition) is 3. The fourth-order valence-corrected chi connectivity index (χ4v) is 2.86. The number of rotatable bonds is 4. The molecule has 0 amide bonds. The molecule has 0 atom stereocenters. The molecular weight excluding hydrogens is 372 g/mol. The van der Waals surface area contributed by atoms with Crippen LogP contribution >= 0.6 is 31.9 Å². The Labute approximate surface area is 129 Å². The fourth-order valence-electron chi connectivity index (χ4n) is 1.65. The van der Waals surface area contributed by atoms with Crippen LogP contribution < -0.4 is 10.9 Å². The number of nitrogens with one attached hydrogen (secondary N) is 2. The summed E-state index contributed by atoms with van der Waals surface area (Å²) in [5.41, 5.74) is 8.94. The van der Waals surface area contributed by atoms with Crippen molar-refractivity contribution in [1.29, 1.82) is 0 Å². The standard InChI is InChI=1S/C14H14Br2N2O/c1-9-12(15)7-10(14(19)13(9)16)8-17-18-11-5-3-2-4-6-11/h2-7,17-19H,8H2,1H3. The number of para-hydroxylation sites is 1. The van der Waals surface area contributed by atoms with Crippen LogP contribution in [0.4, 0.5) is 5.69 Å². The van der Waals surface area contributed by atoms with Crippen LogP contribution in [0.5, 0.6) is 5.75 Å². The van der Waals surface area contributed by atoms with Crippen molar-refractivity contribution in [3.8, 4) is 5.75 Å². The number of anilines is 1. The number of phenolic OH excluding ortho intramolecular Hbond substituents is 1. The highest BCUT2D eigenvalue weighted by Crippen LogP contribution is 2.35. The molecule has 0 unspecified atom stereocenters. The Morgan fingerprint density at radius 3 is 2.53 bits per heavy atom. The van der Waals surface area contributed by atoms with Crippen LogP contribution in [0, 0.1) is 6.92 Å². The molecule has 0 heterocycles. The van der Waals surface area contributed by atoms with Gasteiger partial charge in [0, 0.05) is 22.3 Å². The molecule has 0 radical (unpaired) electrons. The Bertz CT molecular complexity index is 573. The molecule has 0 aliphatic heterocycles. The van der Waals surface area contributed by atoms with E-state index in [4.69, 9.17) is 0 Å². The molecule has 0 saturated heterocycles. The zero-order chi connectivity index (χ0) is 13.8. The maximum atomic E-state index is 10.1. The second kappa shape index (κ2) is 6.41. The molecule has 2 rings (SSSR count). The van der Waals surface area contributed by atoms with Crippen LogP contribution in [-0.2, 0) is 6.54 Å². The molecule has 3 nitrogen and oxygen atoms in total. The van der Waals surface area contributed by atoms with E-state index >= 15 is 0 Å². The van der Waals surface area contributed by atoms with Crippen molar-refractivity contribution >= 4 is 37.5 Å². The number of hydrazine groups is 1. The maximum Gasteiger partial charge on any atom is 0.134 e. The minimum absolute atomic E-state index is 0.267. The van der Waals surface area contributed by atoms with Gasteiger partial charge in [-0.1, -0.05) is 34.1 Å². The Balaban J connectivity index is 2.04. The summed E-state index contributed by atoms with van der Waals surface area (Å²) in [5.74, 6) is 0.267. The summed E-state index contributed by atoms with van der Waals surface area (Å²) in [7, 11) is 0. The lowest BCUT2D eigenvalue weighted by atomic mass is 10.1. The predicted molar refractivity (Wildman–Crippen MR) is 85.1 cm³/mol. The van der Waals surface area contributed by atoms with Gasteiger partial charge >= 0.3 is 0 Å². The van der Waals surface area contributed by atoms with Crippen LogP contribution in [0.15, 0.2) is 45.3 Å². The van der Waals surface area contributed by atoms with Crippen molar-refractivity contribution in [3.63, 3.8) is 0 Å². The van der Waals surface area contributed by atoms with E-state index in [9.17, 15) is 5.11 Å². The van der Waals surface area contributed by atoms with E-state index in [1.54, 1.807) is 0 Å². The average Bonchev–Trinajstić information content (AvgIpc) is 2.43. The second-order valence-corrected chi connectivity index (χ2v) is 5.80. The lowest BCUT2D eigenvalue weighted by molar-refractivity contribution is 0.462. The third-order valence-electron chi connectivity index (χ3n) is 2.79. The predicted octanol–water partition coefficient (Wildman–Crippen LogP) is 4.34. The molecule has 3 N–H and O–H groups in total. The quantitative estimate of drug-likeness (QED) is 0.686. The van der Waals surface area contributed by atoms with E-state index in [2.05, 4.69) is 42.7 Å². The molecule has 19 heavy (non-hydrogen) atoms. The van der Waals surface area contributed by atoms with E-state index in [1.807, 2.05) is 43.3 Å². The zero-order valence-corrected chi connectivity index (χ0v) is 13.5. The van der Waals surface area contributed by atoms with Crippen LogP contribution in [0.1, 0.15) is 11.1 Å². The molecule has 0 spiro atoms. The lowest BCUT2D eigenvalue weighted by Gasteiger charge is -2.13. The van der Waals surface area contributed by atoms with Crippen molar-refractivity contribution < 1.29 is 5.11 Å². The number of aromatic hydroxyl groups is 1. The summed E-state index contributed by atoms with van der Waals surface area (Å²) in [4.78, 5) is 0. The first-order valence-electron chi connectivity index (χ1n) is 5.80. The summed E-state index contributed by atoms with van der Waals surface area (Å²) in [6.45, 7) is 2.45. The number of halogens is 2. The average molecular weight is 386 g/mol. The van der Waals surface area contributed by atoms with Gasteiger partial charge in [0.05, 0.1) is 4.47 Å². The third kappa shape index (κ3) is 3.49. The minimum atomic E-state index is 0.267. The van der Waals surface area contributed by atoms with Gasteiger partial charge in [-0.05, 0) is 46.6 Å². The molecule has 0 bridgehead atoms. The summed E-state index contributed by atoms with van der Waals surface area (Å²) in [6, 6.07) is 11.7. The first-order chi connectivity index (χ1) is 9.09. The van der Waals surface area contributed by atoms with Crippen molar-refractivity contribution in [2.75, 3.05) is 5.43 Å². The van der Waals surface area contributed by atoms with Crippen molar-refractivity contribution in [1.82, 2.24) is 5.43 Å². The van der Waals surface area contributed by atoms with Crippen LogP contribution in [-0.4, -0.2) is 5.11 Å². The van der Waals surface area contributed by atoms with E-state index < -0.39 is 0 Å².